The Hall–Kier alpha value is -2.06. The Morgan fingerprint density at radius 1 is 0.700 bits per heavy atom. The summed E-state index contributed by atoms with van der Waals surface area (Å²) in [4.78, 5) is 20.1. The van der Waals surface area contributed by atoms with Gasteiger partial charge in [-0.15, -0.1) is 0 Å². The standard InChI is InChI=1S/C17H18IO7P.2C3H9NO3/c1-22-14-7-6-11(9-15(14)25-26(19,20)21)4-5-12-8-13(18)17(24-3)16(10-12)23-2;2*5-1-4(2-6)3-7/h4-10H,1-3H3,(H2,19,20,21);2*5-7H,1-3H2/b5-4-;;. The second-order valence-corrected chi connectivity index (χ2v) is 9.58. The lowest BCUT2D eigenvalue weighted by atomic mass is 10.1. The highest BCUT2D eigenvalue weighted by molar-refractivity contribution is 14.1. The minimum absolute atomic E-state index is 0.0372. The molecule has 228 valence electrons. The molecule has 17 heteroatoms. The Bertz CT molecular complexity index is 1040. The lowest BCUT2D eigenvalue weighted by molar-refractivity contribution is -0.0272. The maximum atomic E-state index is 11.1. The minimum atomic E-state index is -4.69. The molecule has 0 heterocycles. The quantitative estimate of drug-likeness (QED) is 0.0605. The minimum Gasteiger partial charge on any atom is -0.493 e. The van der Waals surface area contributed by atoms with E-state index >= 15 is 0 Å². The summed E-state index contributed by atoms with van der Waals surface area (Å²) < 4.78 is 32.4. The number of aliphatic hydroxyl groups excluding tert-OH is 6. The molecule has 2 aromatic rings. The summed E-state index contributed by atoms with van der Waals surface area (Å²) in [6, 6.07) is 8.56. The van der Waals surface area contributed by atoms with Crippen molar-refractivity contribution in [2.24, 2.45) is 0 Å². The molecule has 15 nitrogen and oxygen atoms in total. The van der Waals surface area contributed by atoms with Crippen LogP contribution < -0.4 is 18.7 Å². The smallest absolute Gasteiger partial charge is 0.493 e. The number of ether oxygens (including phenoxy) is 3. The van der Waals surface area contributed by atoms with E-state index in [1.807, 2.05) is 18.2 Å². The number of nitrogens with zero attached hydrogens (tertiary/aromatic N) is 2. The Kier molecular flexibility index (Phi) is 19.7. The highest BCUT2D eigenvalue weighted by Crippen LogP contribution is 2.42. The SMILES string of the molecule is COc1ccc(/C=C\c2cc(I)c(OC)c(OC)c2)cc1OP(=O)(O)O.OCN(CO)CO.OCN(CO)CO. The molecular formula is C23H36IN2O13P. The van der Waals surface area contributed by atoms with Crippen molar-refractivity contribution in [3.8, 4) is 23.0 Å². The summed E-state index contributed by atoms with van der Waals surface area (Å²) >= 11 is 2.16. The molecule has 0 bridgehead atoms. The van der Waals surface area contributed by atoms with E-state index in [4.69, 9.17) is 54.6 Å². The number of phosphoric ester groups is 1. The van der Waals surface area contributed by atoms with Crippen LogP contribution in [-0.4, -0.2) is 112 Å². The van der Waals surface area contributed by atoms with Crippen molar-refractivity contribution < 1.29 is 63.7 Å². The first-order valence-corrected chi connectivity index (χ1v) is 13.7. The molecule has 0 spiro atoms. The van der Waals surface area contributed by atoms with Crippen LogP contribution >= 0.6 is 30.4 Å². The fourth-order valence-corrected chi connectivity index (χ4v) is 3.74. The molecule has 0 amide bonds. The third-order valence-corrected chi connectivity index (χ3v) is 5.76. The van der Waals surface area contributed by atoms with Gasteiger partial charge in [0.25, 0.3) is 0 Å². The fraction of sp³-hybridized carbons (Fsp3) is 0.391. The zero-order valence-corrected chi connectivity index (χ0v) is 25.2. The van der Waals surface area contributed by atoms with E-state index in [0.717, 1.165) is 18.9 Å². The lowest BCUT2D eigenvalue weighted by Crippen LogP contribution is -2.26. The van der Waals surface area contributed by atoms with Gasteiger partial charge in [0.1, 0.15) is 0 Å². The first-order chi connectivity index (χ1) is 19.0. The maximum Gasteiger partial charge on any atom is 0.524 e. The van der Waals surface area contributed by atoms with Crippen molar-refractivity contribution in [1.82, 2.24) is 9.80 Å². The molecule has 0 aliphatic rings. The summed E-state index contributed by atoms with van der Waals surface area (Å²) in [6.45, 7) is -1.88. The highest BCUT2D eigenvalue weighted by Gasteiger charge is 2.19. The third kappa shape index (κ3) is 14.5. The van der Waals surface area contributed by atoms with Gasteiger partial charge in [-0.05, 0) is 58.0 Å². The van der Waals surface area contributed by atoms with Crippen LogP contribution in [0.25, 0.3) is 12.2 Å². The predicted octanol–water partition coefficient (Wildman–Crippen LogP) is 0.235. The van der Waals surface area contributed by atoms with Gasteiger partial charge in [0.2, 0.25) is 0 Å². The van der Waals surface area contributed by atoms with Crippen molar-refractivity contribution >= 4 is 42.6 Å². The Labute approximate surface area is 245 Å². The van der Waals surface area contributed by atoms with Crippen molar-refractivity contribution in [2.75, 3.05) is 61.7 Å². The average molecular weight is 706 g/mol. The Morgan fingerprint density at radius 2 is 1.15 bits per heavy atom. The summed E-state index contributed by atoms with van der Waals surface area (Å²) in [5, 5.41) is 48.8. The van der Waals surface area contributed by atoms with Gasteiger partial charge in [0.15, 0.2) is 23.0 Å². The summed E-state index contributed by atoms with van der Waals surface area (Å²) in [5.41, 5.74) is 1.55. The van der Waals surface area contributed by atoms with E-state index in [0.29, 0.717) is 17.1 Å². The van der Waals surface area contributed by atoms with Gasteiger partial charge in [-0.3, -0.25) is 9.79 Å². The van der Waals surface area contributed by atoms with Gasteiger partial charge in [-0.1, -0.05) is 18.2 Å². The summed E-state index contributed by atoms with van der Waals surface area (Å²) in [6.07, 6.45) is 3.62. The second kappa shape index (κ2) is 20.8. The van der Waals surface area contributed by atoms with Crippen LogP contribution in [0.3, 0.4) is 0 Å². The van der Waals surface area contributed by atoms with E-state index in [1.54, 1.807) is 32.4 Å². The molecule has 0 aliphatic heterocycles. The van der Waals surface area contributed by atoms with Crippen LogP contribution in [0.1, 0.15) is 11.1 Å². The topological polar surface area (TPSA) is 222 Å². The lowest BCUT2D eigenvalue weighted by Gasteiger charge is -2.12. The number of halogens is 1. The zero-order valence-electron chi connectivity index (χ0n) is 22.1. The first kappa shape index (κ1) is 37.9. The predicted molar refractivity (Wildman–Crippen MR) is 153 cm³/mol. The second-order valence-electron chi connectivity index (χ2n) is 7.25. The van der Waals surface area contributed by atoms with E-state index in [-0.39, 0.29) is 51.9 Å². The number of rotatable bonds is 13. The summed E-state index contributed by atoms with van der Waals surface area (Å²) in [5.74, 6) is 1.46. The summed E-state index contributed by atoms with van der Waals surface area (Å²) in [7, 11) is -0.150. The molecule has 0 atom stereocenters. The van der Waals surface area contributed by atoms with Crippen LogP contribution in [0.15, 0.2) is 30.3 Å². The molecule has 0 radical (unpaired) electrons. The van der Waals surface area contributed by atoms with Gasteiger partial charge in [-0.2, -0.15) is 0 Å². The Morgan fingerprint density at radius 3 is 1.52 bits per heavy atom. The van der Waals surface area contributed by atoms with Crippen molar-refractivity contribution in [3.63, 3.8) is 0 Å². The van der Waals surface area contributed by atoms with Crippen LogP contribution in [0, 0.1) is 3.57 Å². The van der Waals surface area contributed by atoms with E-state index in [9.17, 15) is 4.57 Å². The number of aliphatic hydroxyl groups is 6. The number of hydrogen-bond acceptors (Lipinski definition) is 13. The fourth-order valence-electron chi connectivity index (χ4n) is 2.49. The first-order valence-electron chi connectivity index (χ1n) is 11.1. The van der Waals surface area contributed by atoms with Gasteiger partial charge >= 0.3 is 7.82 Å². The molecule has 0 saturated carbocycles. The van der Waals surface area contributed by atoms with Crippen LogP contribution in [0.5, 0.6) is 23.0 Å². The molecule has 0 aromatic heterocycles. The number of phosphoric acid groups is 1. The largest absolute Gasteiger partial charge is 0.524 e. The average Bonchev–Trinajstić information content (AvgIpc) is 2.93. The molecule has 2 aromatic carbocycles. The number of methoxy groups -OCH3 is 3. The van der Waals surface area contributed by atoms with Crippen molar-refractivity contribution in [2.45, 2.75) is 0 Å². The molecule has 0 fully saturated rings. The number of hydrogen-bond donors (Lipinski definition) is 8. The molecule has 0 aliphatic carbocycles. The monoisotopic (exact) mass is 706 g/mol. The normalized spacial score (nSPS) is 11.1. The molecule has 0 saturated heterocycles. The van der Waals surface area contributed by atoms with E-state index < -0.39 is 7.82 Å². The van der Waals surface area contributed by atoms with E-state index in [1.165, 1.54) is 13.2 Å². The maximum absolute atomic E-state index is 11.1. The zero-order chi connectivity index (χ0) is 30.7. The van der Waals surface area contributed by atoms with Gasteiger partial charge in [0.05, 0.1) is 65.3 Å². The van der Waals surface area contributed by atoms with Crippen LogP contribution in [-0.2, 0) is 4.57 Å². The number of benzene rings is 2. The van der Waals surface area contributed by atoms with E-state index in [2.05, 4.69) is 27.1 Å². The van der Waals surface area contributed by atoms with Gasteiger partial charge in [-0.25, -0.2) is 14.4 Å². The molecular weight excluding hydrogens is 670 g/mol. The van der Waals surface area contributed by atoms with Crippen LogP contribution in [0.2, 0.25) is 0 Å². The van der Waals surface area contributed by atoms with Crippen molar-refractivity contribution in [3.05, 3.63) is 45.0 Å². The highest BCUT2D eigenvalue weighted by atomic mass is 127. The van der Waals surface area contributed by atoms with Gasteiger partial charge in [0, 0.05) is 0 Å². The third-order valence-electron chi connectivity index (χ3n) is 4.53. The molecule has 0 unspecified atom stereocenters. The van der Waals surface area contributed by atoms with Crippen molar-refractivity contribution in [1.29, 1.82) is 0 Å². The molecule has 40 heavy (non-hydrogen) atoms. The van der Waals surface area contributed by atoms with Gasteiger partial charge < -0.3 is 49.4 Å². The molecule has 8 N–H and O–H groups in total. The molecule has 2 rings (SSSR count). The Balaban J connectivity index is 0.000000894. The van der Waals surface area contributed by atoms with Crippen LogP contribution in [0.4, 0.5) is 0 Å².